The summed E-state index contributed by atoms with van der Waals surface area (Å²) in [5.74, 6) is 2.11. The van der Waals surface area contributed by atoms with Crippen LogP contribution < -0.4 is 29.7 Å². The Labute approximate surface area is 258 Å². The number of hydrogen-bond acceptors (Lipinski definition) is 10. The number of carbonyl (C=O) groups excluding carboxylic acids is 2. The molecule has 0 radical (unpaired) electrons. The summed E-state index contributed by atoms with van der Waals surface area (Å²) in [7, 11) is 4.63. The van der Waals surface area contributed by atoms with Crippen molar-refractivity contribution in [1.29, 1.82) is 0 Å². The van der Waals surface area contributed by atoms with Crippen LogP contribution in [0.25, 0.3) is 0 Å². The molecule has 2 aromatic carbocycles. The third-order valence-electron chi connectivity index (χ3n) is 7.09. The molecule has 1 atom stereocenters. The van der Waals surface area contributed by atoms with Crippen LogP contribution in [0, 0.1) is 0 Å². The van der Waals surface area contributed by atoms with E-state index in [2.05, 4.69) is 34.7 Å². The molecule has 3 aromatic rings. The Morgan fingerprint density at radius 3 is 2.20 bits per heavy atom. The van der Waals surface area contributed by atoms with Gasteiger partial charge in [-0.1, -0.05) is 31.2 Å². The van der Waals surface area contributed by atoms with Crippen LogP contribution in [-0.2, 0) is 22.5 Å². The number of benzene rings is 2. The number of methoxy groups -OCH3 is 3. The quantitative estimate of drug-likeness (QED) is 0.339. The summed E-state index contributed by atoms with van der Waals surface area (Å²) in [6.45, 7) is 8.80. The minimum absolute atomic E-state index is 0.223. The zero-order chi connectivity index (χ0) is 31.9. The number of anilines is 3. The maximum atomic E-state index is 13.6. The molecule has 0 saturated carbocycles. The molecule has 1 unspecified atom stereocenters. The number of nitrogens with zero attached hydrogens (tertiary/aromatic N) is 4. The van der Waals surface area contributed by atoms with Crippen molar-refractivity contribution in [2.75, 3.05) is 51.2 Å². The number of hydrogen-bond donors (Lipinski definition) is 2. The molecule has 2 heterocycles. The summed E-state index contributed by atoms with van der Waals surface area (Å²) < 4.78 is 22.0. The number of amides is 2. The predicted octanol–water partition coefficient (Wildman–Crippen LogP) is 4.55. The highest BCUT2D eigenvalue weighted by Crippen LogP contribution is 2.40. The molecule has 1 aliphatic heterocycles. The molecule has 4 rings (SSSR count). The van der Waals surface area contributed by atoms with Crippen molar-refractivity contribution >= 4 is 29.5 Å². The largest absolute Gasteiger partial charge is 0.493 e. The van der Waals surface area contributed by atoms with Gasteiger partial charge in [-0.25, -0.2) is 9.78 Å². The number of aryl methyl sites for hydroxylation is 1. The molecule has 1 fully saturated rings. The van der Waals surface area contributed by atoms with Crippen molar-refractivity contribution in [2.45, 2.75) is 52.3 Å². The normalized spacial score (nSPS) is 14.9. The number of rotatable bonds is 10. The highest BCUT2D eigenvalue weighted by molar-refractivity contribution is 5.87. The van der Waals surface area contributed by atoms with Gasteiger partial charge in [-0.15, -0.1) is 0 Å². The summed E-state index contributed by atoms with van der Waals surface area (Å²) in [6.07, 6.45) is 2.05. The Kier molecular flexibility index (Phi) is 10.4. The minimum atomic E-state index is -0.796. The SMILES string of the molecule is CCc1ccc(CNC(=O)C2CN(c3ccnc(Nc4cc(OC)c(OC)c(OC)c4)n3)CCN2C(=O)OC(C)(C)C)cc1. The van der Waals surface area contributed by atoms with Gasteiger partial charge in [0.25, 0.3) is 0 Å². The van der Waals surface area contributed by atoms with E-state index in [9.17, 15) is 9.59 Å². The summed E-state index contributed by atoms with van der Waals surface area (Å²) in [4.78, 5) is 39.3. The van der Waals surface area contributed by atoms with Gasteiger partial charge >= 0.3 is 6.09 Å². The minimum Gasteiger partial charge on any atom is -0.493 e. The topological polar surface area (TPSA) is 127 Å². The second-order valence-electron chi connectivity index (χ2n) is 11.3. The monoisotopic (exact) mass is 606 g/mol. The summed E-state index contributed by atoms with van der Waals surface area (Å²) in [6, 6.07) is 12.6. The van der Waals surface area contributed by atoms with E-state index in [1.54, 1.807) is 66.5 Å². The van der Waals surface area contributed by atoms with E-state index in [0.29, 0.717) is 47.8 Å². The van der Waals surface area contributed by atoms with Gasteiger partial charge in [0.15, 0.2) is 11.5 Å². The van der Waals surface area contributed by atoms with Crippen molar-refractivity contribution in [3.05, 3.63) is 59.8 Å². The van der Waals surface area contributed by atoms with E-state index in [4.69, 9.17) is 23.9 Å². The van der Waals surface area contributed by atoms with Crippen molar-refractivity contribution < 1.29 is 28.5 Å². The molecule has 2 N–H and O–H groups in total. The Hall–Kier alpha value is -4.74. The Morgan fingerprint density at radius 2 is 1.61 bits per heavy atom. The molecule has 0 bridgehead atoms. The van der Waals surface area contributed by atoms with Gasteiger partial charge in [0.05, 0.1) is 21.3 Å². The lowest BCUT2D eigenvalue weighted by Crippen LogP contribution is -2.61. The van der Waals surface area contributed by atoms with Gasteiger partial charge in [-0.2, -0.15) is 4.98 Å². The van der Waals surface area contributed by atoms with Crippen LogP contribution in [0.4, 0.5) is 22.2 Å². The van der Waals surface area contributed by atoms with Crippen LogP contribution in [0.1, 0.15) is 38.8 Å². The van der Waals surface area contributed by atoms with Crippen LogP contribution >= 0.6 is 0 Å². The number of aromatic nitrogens is 2. The molecule has 1 aromatic heterocycles. The Morgan fingerprint density at radius 1 is 0.955 bits per heavy atom. The van der Waals surface area contributed by atoms with Crippen LogP contribution in [0.2, 0.25) is 0 Å². The lowest BCUT2D eigenvalue weighted by molar-refractivity contribution is -0.126. The van der Waals surface area contributed by atoms with Gasteiger partial charge in [0, 0.05) is 50.2 Å². The summed E-state index contributed by atoms with van der Waals surface area (Å²) in [5.41, 5.74) is 2.14. The van der Waals surface area contributed by atoms with Gasteiger partial charge in [0.2, 0.25) is 17.6 Å². The van der Waals surface area contributed by atoms with Crippen molar-refractivity contribution in [3.8, 4) is 17.2 Å². The van der Waals surface area contributed by atoms with Crippen LogP contribution in [0.15, 0.2) is 48.7 Å². The predicted molar refractivity (Wildman–Crippen MR) is 168 cm³/mol. The fraction of sp³-hybridized carbons (Fsp3) is 0.438. The number of piperazine rings is 1. The zero-order valence-electron chi connectivity index (χ0n) is 26.5. The van der Waals surface area contributed by atoms with Crippen molar-refractivity contribution in [3.63, 3.8) is 0 Å². The molecule has 44 heavy (non-hydrogen) atoms. The molecule has 0 aliphatic carbocycles. The van der Waals surface area contributed by atoms with Gasteiger partial charge in [0.1, 0.15) is 17.5 Å². The third kappa shape index (κ3) is 8.00. The first-order valence-electron chi connectivity index (χ1n) is 14.5. The molecule has 2 amide bonds. The fourth-order valence-electron chi connectivity index (χ4n) is 4.82. The first-order valence-corrected chi connectivity index (χ1v) is 14.5. The van der Waals surface area contributed by atoms with Gasteiger partial charge < -0.3 is 34.5 Å². The second-order valence-corrected chi connectivity index (χ2v) is 11.3. The highest BCUT2D eigenvalue weighted by Gasteiger charge is 2.38. The van der Waals surface area contributed by atoms with E-state index in [-0.39, 0.29) is 19.0 Å². The van der Waals surface area contributed by atoms with E-state index in [0.717, 1.165) is 12.0 Å². The summed E-state index contributed by atoms with van der Waals surface area (Å²) >= 11 is 0. The van der Waals surface area contributed by atoms with Crippen LogP contribution in [-0.4, -0.2) is 79.5 Å². The number of carbonyl (C=O) groups is 2. The van der Waals surface area contributed by atoms with Crippen LogP contribution in [0.5, 0.6) is 17.2 Å². The highest BCUT2D eigenvalue weighted by atomic mass is 16.6. The third-order valence-corrected chi connectivity index (χ3v) is 7.09. The fourth-order valence-corrected chi connectivity index (χ4v) is 4.82. The molecular weight excluding hydrogens is 564 g/mol. The average molecular weight is 607 g/mol. The van der Waals surface area contributed by atoms with Gasteiger partial charge in [-0.05, 0) is 44.4 Å². The van der Waals surface area contributed by atoms with E-state index >= 15 is 0 Å². The molecule has 1 saturated heterocycles. The molecule has 0 spiro atoms. The summed E-state index contributed by atoms with van der Waals surface area (Å²) in [5, 5.41) is 6.20. The molecular formula is C32H42N6O6. The molecule has 236 valence electrons. The van der Waals surface area contributed by atoms with E-state index in [1.807, 2.05) is 17.0 Å². The Balaban J connectivity index is 1.53. The Bertz CT molecular complexity index is 1420. The lowest BCUT2D eigenvalue weighted by Gasteiger charge is -2.41. The van der Waals surface area contributed by atoms with E-state index in [1.165, 1.54) is 10.5 Å². The first kappa shape index (κ1) is 32.2. The lowest BCUT2D eigenvalue weighted by atomic mass is 10.1. The smallest absolute Gasteiger partial charge is 0.411 e. The maximum Gasteiger partial charge on any atom is 0.411 e. The first-order chi connectivity index (χ1) is 21.0. The maximum absolute atomic E-state index is 13.6. The van der Waals surface area contributed by atoms with Crippen molar-refractivity contribution in [1.82, 2.24) is 20.2 Å². The van der Waals surface area contributed by atoms with Gasteiger partial charge in [-0.3, -0.25) is 9.69 Å². The van der Waals surface area contributed by atoms with Crippen molar-refractivity contribution in [2.24, 2.45) is 0 Å². The standard InChI is InChI=1S/C32H42N6O6/c1-8-21-9-11-22(12-10-21)19-34-29(39)24-20-37(15-16-38(24)31(40)44-32(2,3)4)27-13-14-33-30(36-27)35-23-17-25(41-5)28(43-7)26(18-23)42-6/h9-14,17-18,24H,8,15-16,19-20H2,1-7H3,(H,34,39)(H,33,35,36). The average Bonchev–Trinajstić information content (AvgIpc) is 3.02. The van der Waals surface area contributed by atoms with Crippen LogP contribution in [0.3, 0.4) is 0 Å². The molecule has 12 heteroatoms. The number of nitrogens with one attached hydrogen (secondary N) is 2. The van der Waals surface area contributed by atoms with E-state index < -0.39 is 17.7 Å². The zero-order valence-corrected chi connectivity index (χ0v) is 26.5. The molecule has 1 aliphatic rings. The molecule has 12 nitrogen and oxygen atoms in total. The number of ether oxygens (including phenoxy) is 4. The second kappa shape index (κ2) is 14.2.